The summed E-state index contributed by atoms with van der Waals surface area (Å²) in [5.41, 5.74) is 1.28. The standard InChI is InChI=1S/C63H90N2O40S2/c1-22-10-12-23(13-11-22)107(88,89)91-21-33-56-42(78)49(85)63(98-33)103-54-31(19-70)95-60(46(82)40(54)76)104-55-32(20-90-35(71)14-64-106(86,87)34-9-5-6-24-25(34)7-4-8-26(24)65(2)3)97-62(48(84)41(55)77)102-53-30(18-69)94-59(45(81)38(53)74)100-51-28(16-67)92-57(43(79)36(51)72)99-50-27(15-66)93-58(44(80)37(50)73)101-52-29(17-68)96-61(105-56)47(83)39(52)75/h4-13,27-33,36-64,66-70,72-85H,14-21H2,1-3H3/t27-,28-,29-,30-,31-,32-,33-,36-,37-,38-,39-,40-,41-,42-,43-,44-,45-,46-,47-,48-,49-,50-,51-,52-,53-,54-,55-,56-,57-,58-,59-,60-,61-,62-,63-/m1/s1. The van der Waals surface area contributed by atoms with E-state index in [1.807, 2.05) is 0 Å². The molecule has 42 nitrogen and oxygen atoms in total. The zero-order valence-electron chi connectivity index (χ0n) is 57.0. The smallest absolute Gasteiger partial charge is 0.321 e. The molecule has 0 aromatic heterocycles. The van der Waals surface area contributed by atoms with Crippen molar-refractivity contribution < 1.29 is 194 Å². The number of aliphatic hydroxyl groups excluding tert-OH is 19. The third-order valence-corrected chi connectivity index (χ3v) is 22.3. The van der Waals surface area contributed by atoms with Crippen LogP contribution in [0.3, 0.4) is 0 Å². The van der Waals surface area contributed by atoms with Crippen LogP contribution in [0.2, 0.25) is 0 Å². The molecule has 0 saturated carbocycles. The summed E-state index contributed by atoms with van der Waals surface area (Å²) < 4.78 is 150. The van der Waals surface area contributed by atoms with Crippen molar-refractivity contribution in [3.63, 3.8) is 0 Å². The summed E-state index contributed by atoms with van der Waals surface area (Å²) in [6.07, 6.45) is -76.4. The second-order valence-electron chi connectivity index (χ2n) is 26.9. The van der Waals surface area contributed by atoms with E-state index in [2.05, 4.69) is 4.72 Å². The van der Waals surface area contributed by atoms with Crippen LogP contribution in [-0.2, 0) is 100 Å². The molecule has 0 radical (unpaired) electrons. The van der Waals surface area contributed by atoms with Gasteiger partial charge in [0.1, 0.15) is 184 Å². The summed E-state index contributed by atoms with van der Waals surface area (Å²) in [6.45, 7) is -7.51. The SMILES string of the molecule is Cc1ccc(S(=O)(=O)OC[C@H]2O[C@@H]3O[C@H]4[C@H](O)[C@@H](O)[C@@H](O[C@H]5[C@H](O)[C@@H](O)[C@@H](O[C@H]6[C@H](O)[C@@H](O)[C@@H](O[C@H]7[C@H](O)[C@@H](O)[C@@H](O[C@H]8[C@H](O)[C@@H](O)[C@@H](O[C@H]9[C@H](O)[C@@H](O)[C@@H](O[C@H]2[C@H](O)[C@H]3O)O[C@@H]9CO)O[C@@H]8CO)O[C@@H]7CO)O[C@@H]6CO)O[C@@H]5COC(=O)CNS(=O)(=O)c2cccc3c(N(C)C)cccc23)O[C@@H]4CO)cc1. The van der Waals surface area contributed by atoms with Crippen LogP contribution in [0.15, 0.2) is 70.5 Å². The summed E-state index contributed by atoms with van der Waals surface area (Å²) in [5, 5.41) is 218. The number of benzene rings is 3. The van der Waals surface area contributed by atoms with Crippen molar-refractivity contribution in [1.82, 2.24) is 4.72 Å². The maximum Gasteiger partial charge on any atom is 0.321 e. The molecule has 107 heavy (non-hydrogen) atoms. The topological polar surface area (TPSA) is 633 Å². The summed E-state index contributed by atoms with van der Waals surface area (Å²) in [7, 11) is -5.85. The maximum atomic E-state index is 13.9. The Morgan fingerprint density at radius 2 is 0.673 bits per heavy atom. The number of hydrogen-bond acceptors (Lipinski definition) is 41. The molecule has 0 unspecified atom stereocenters. The number of aryl methyl sites for hydroxylation is 1. The van der Waals surface area contributed by atoms with E-state index >= 15 is 0 Å². The highest BCUT2D eigenvalue weighted by atomic mass is 32.2. The molecule has 35 atom stereocenters. The highest BCUT2D eigenvalue weighted by molar-refractivity contribution is 7.89. The summed E-state index contributed by atoms with van der Waals surface area (Å²) in [6, 6.07) is 14.5. The number of esters is 1. The Kier molecular flexibility index (Phi) is 27.3. The average molecular weight is 1580 g/mol. The molecule has 21 aliphatic heterocycles. The Morgan fingerprint density at radius 1 is 0.383 bits per heavy atom. The van der Waals surface area contributed by atoms with Gasteiger partial charge in [-0.3, -0.25) is 8.98 Å². The summed E-state index contributed by atoms with van der Waals surface area (Å²) in [4.78, 5) is 14.8. The minimum atomic E-state index is -4.79. The van der Waals surface area contributed by atoms with E-state index in [4.69, 9.17) is 75.2 Å². The van der Waals surface area contributed by atoms with Crippen molar-refractivity contribution in [3.05, 3.63) is 66.2 Å². The second kappa shape index (κ2) is 35.0. The van der Waals surface area contributed by atoms with Crippen LogP contribution in [-0.4, -0.2) is 402 Å². The van der Waals surface area contributed by atoms with Gasteiger partial charge in [-0.15, -0.1) is 0 Å². The average Bonchev–Trinajstić information content (AvgIpc) is 0.795. The number of sulfonamides is 1. The molecule has 0 amide bonds. The molecule has 21 heterocycles. The van der Waals surface area contributed by atoms with Gasteiger partial charge in [-0.05, 0) is 31.2 Å². The Hall–Kier alpha value is -4.31. The van der Waals surface area contributed by atoms with Gasteiger partial charge in [-0.25, -0.2) is 8.42 Å². The van der Waals surface area contributed by atoms with E-state index in [1.54, 1.807) is 44.1 Å². The molecule has 20 N–H and O–H groups in total. The van der Waals surface area contributed by atoms with Crippen molar-refractivity contribution in [2.24, 2.45) is 0 Å². The lowest BCUT2D eigenvalue weighted by atomic mass is 9.95. The highest BCUT2D eigenvalue weighted by Crippen LogP contribution is 2.40. The lowest BCUT2D eigenvalue weighted by Gasteiger charge is -2.50. The largest absolute Gasteiger partial charge is 0.462 e. The van der Waals surface area contributed by atoms with Gasteiger partial charge in [0.25, 0.3) is 10.1 Å². The van der Waals surface area contributed by atoms with Gasteiger partial charge in [0.05, 0.1) is 49.4 Å². The molecular formula is C63H90N2O40S2. The molecule has 0 aliphatic carbocycles. The van der Waals surface area contributed by atoms with Gasteiger partial charge in [-0.2, -0.15) is 13.1 Å². The molecule has 21 saturated heterocycles. The third-order valence-electron chi connectivity index (χ3n) is 19.6. The predicted octanol–water partition coefficient (Wildman–Crippen LogP) is -11.8. The van der Waals surface area contributed by atoms with E-state index in [0.717, 1.165) is 0 Å². The summed E-state index contributed by atoms with van der Waals surface area (Å²) >= 11 is 0. The first kappa shape index (κ1) is 83.6. The Labute approximate surface area is 608 Å². The van der Waals surface area contributed by atoms with Crippen LogP contribution in [0.5, 0.6) is 0 Å². The van der Waals surface area contributed by atoms with Gasteiger partial charge in [0.15, 0.2) is 44.0 Å². The number of rotatable bonds is 16. The fourth-order valence-corrected chi connectivity index (χ4v) is 15.8. The quantitative estimate of drug-likeness (QED) is 0.0468. The molecule has 14 bridgehead atoms. The van der Waals surface area contributed by atoms with E-state index in [0.29, 0.717) is 16.6 Å². The van der Waals surface area contributed by atoms with Crippen LogP contribution < -0.4 is 9.62 Å². The molecule has 21 fully saturated rings. The van der Waals surface area contributed by atoms with Crippen LogP contribution in [0.4, 0.5) is 5.69 Å². The zero-order valence-corrected chi connectivity index (χ0v) is 58.6. The van der Waals surface area contributed by atoms with Gasteiger partial charge < -0.3 is 173 Å². The molecule has 44 heteroatoms. The van der Waals surface area contributed by atoms with E-state index in [9.17, 15) is 119 Å². The van der Waals surface area contributed by atoms with Crippen molar-refractivity contribution in [2.75, 3.05) is 71.8 Å². The van der Waals surface area contributed by atoms with E-state index in [1.165, 1.54) is 42.5 Å². The minimum absolute atomic E-state index is 0.242. The predicted molar refractivity (Wildman–Crippen MR) is 343 cm³/mol. The van der Waals surface area contributed by atoms with Crippen LogP contribution in [0.25, 0.3) is 10.8 Å². The normalized spacial score (nSPS) is 43.4. The molecular weight excluding hydrogens is 1490 g/mol. The number of carbonyl (C=O) groups is 1. The monoisotopic (exact) mass is 1580 g/mol. The molecule has 0 spiro atoms. The Balaban J connectivity index is 0.903. The van der Waals surface area contributed by atoms with Crippen LogP contribution in [0, 0.1) is 6.92 Å². The minimum Gasteiger partial charge on any atom is -0.462 e. The van der Waals surface area contributed by atoms with Crippen molar-refractivity contribution in [2.45, 2.75) is 232 Å². The number of nitrogens with one attached hydrogen (secondary N) is 1. The van der Waals surface area contributed by atoms with Crippen LogP contribution >= 0.6 is 0 Å². The number of aliphatic hydroxyl groups is 19. The molecule has 3 aromatic carbocycles. The van der Waals surface area contributed by atoms with Crippen molar-refractivity contribution in [3.8, 4) is 0 Å². The number of ether oxygens (including phenoxy) is 15. The van der Waals surface area contributed by atoms with Gasteiger partial charge in [-0.1, -0.05) is 42.0 Å². The number of hydrogen-bond donors (Lipinski definition) is 20. The Morgan fingerprint density at radius 3 is 0.991 bits per heavy atom. The zero-order chi connectivity index (χ0) is 77.6. The molecule has 604 valence electrons. The number of carbonyl (C=O) groups excluding carboxylic acids is 1. The fourth-order valence-electron chi connectivity index (χ4n) is 13.7. The lowest BCUT2D eigenvalue weighted by molar-refractivity contribution is -0.396. The summed E-state index contributed by atoms with van der Waals surface area (Å²) in [5.74, 6) is -1.34. The Bertz CT molecular complexity index is 3650. The van der Waals surface area contributed by atoms with E-state index in [-0.39, 0.29) is 10.3 Å². The first-order valence-corrected chi connectivity index (χ1v) is 36.7. The van der Waals surface area contributed by atoms with Crippen molar-refractivity contribution >= 4 is 42.6 Å². The van der Waals surface area contributed by atoms with Crippen LogP contribution in [0.1, 0.15) is 5.56 Å². The molecule has 3 aromatic rings. The highest BCUT2D eigenvalue weighted by Gasteiger charge is 2.60. The molecule has 21 aliphatic rings. The van der Waals surface area contributed by atoms with Gasteiger partial charge in [0, 0.05) is 30.6 Å². The van der Waals surface area contributed by atoms with Gasteiger partial charge in [0.2, 0.25) is 10.0 Å². The molecule has 24 rings (SSSR count). The first-order valence-electron chi connectivity index (χ1n) is 33.8. The van der Waals surface area contributed by atoms with Crippen molar-refractivity contribution in [1.29, 1.82) is 0 Å². The van der Waals surface area contributed by atoms with E-state index < -0.39 is 299 Å². The number of anilines is 1. The lowest BCUT2D eigenvalue weighted by Crippen LogP contribution is -2.68. The maximum absolute atomic E-state index is 13.9. The van der Waals surface area contributed by atoms with Gasteiger partial charge >= 0.3 is 5.97 Å². The first-order chi connectivity index (χ1) is 50.8. The number of fused-ring (bicyclic) bond motifs is 1. The second-order valence-corrected chi connectivity index (χ2v) is 30.2. The third kappa shape index (κ3) is 17.4. The number of nitrogens with zero attached hydrogens (tertiary/aromatic N) is 1. The fraction of sp³-hybridized carbons (Fsp3) is 0.730.